The van der Waals surface area contributed by atoms with Crippen molar-refractivity contribution in [3.63, 3.8) is 0 Å². The van der Waals surface area contributed by atoms with E-state index >= 15 is 0 Å². The van der Waals surface area contributed by atoms with Gasteiger partial charge in [-0.15, -0.1) is 22.7 Å². The smallest absolute Gasteiger partial charge is 0.138 e. The van der Waals surface area contributed by atoms with E-state index in [1.165, 1.54) is 90.4 Å². The molecule has 0 saturated heterocycles. The lowest BCUT2D eigenvalue weighted by atomic mass is 9.95. The quantitative estimate of drug-likeness (QED) is 0.175. The molecule has 0 amide bonds. The predicted octanol–water partition coefficient (Wildman–Crippen LogP) is 16.1. The Labute approximate surface area is 336 Å². The molecule has 0 N–H and O–H groups in total. The normalized spacial score (nSPS) is 11.9. The summed E-state index contributed by atoms with van der Waals surface area (Å²) in [7, 11) is 0. The van der Waals surface area contributed by atoms with Gasteiger partial charge < -0.3 is 4.42 Å². The molecule has 4 aromatic heterocycles. The fourth-order valence-corrected chi connectivity index (χ4v) is 10.6. The van der Waals surface area contributed by atoms with Crippen LogP contribution in [0, 0.1) is 0 Å². The first-order valence-electron chi connectivity index (χ1n) is 19.1. The molecule has 8 aromatic carbocycles. The van der Waals surface area contributed by atoms with E-state index in [1.807, 2.05) is 34.9 Å². The van der Waals surface area contributed by atoms with Crippen molar-refractivity contribution in [2.75, 3.05) is 0 Å². The number of hydrogen-bond donors (Lipinski definition) is 0. The molecule has 2 nitrogen and oxygen atoms in total. The third-order valence-electron chi connectivity index (χ3n) is 11.4. The Morgan fingerprint density at radius 2 is 0.702 bits per heavy atom. The summed E-state index contributed by atoms with van der Waals surface area (Å²) in [5.74, 6) is 0. The van der Waals surface area contributed by atoms with Crippen LogP contribution < -0.4 is 0 Å². The Bertz CT molecular complexity index is 3550. The molecule has 0 aliphatic heterocycles. The molecule has 0 saturated carbocycles. The van der Waals surface area contributed by atoms with Gasteiger partial charge in [0.1, 0.15) is 11.2 Å². The first kappa shape index (κ1) is 32.4. The SMILES string of the molecule is c1cc(-c2cccc(-c3ccc4sc5ccc(-c6cccc(-c7ccc8sc9ccccc9c8c7)c6)cc5c4c3)c2)cc(-c2ccc3oc4ccncc4c3c2)c1. The van der Waals surface area contributed by atoms with Crippen LogP contribution in [-0.2, 0) is 0 Å². The van der Waals surface area contributed by atoms with Crippen molar-refractivity contribution >= 4 is 85.0 Å². The van der Waals surface area contributed by atoms with Crippen molar-refractivity contribution in [2.24, 2.45) is 0 Å². The number of thiophene rings is 2. The zero-order valence-corrected chi connectivity index (χ0v) is 32.2. The van der Waals surface area contributed by atoms with Gasteiger partial charge in [-0.05, 0) is 134 Å². The van der Waals surface area contributed by atoms with Crippen LogP contribution in [-0.4, -0.2) is 4.98 Å². The lowest BCUT2D eigenvalue weighted by molar-refractivity contribution is 0.668. The Morgan fingerprint density at radius 3 is 1.23 bits per heavy atom. The molecule has 0 spiro atoms. The average molecular weight is 762 g/mol. The van der Waals surface area contributed by atoms with Crippen LogP contribution in [0.4, 0.5) is 0 Å². The summed E-state index contributed by atoms with van der Waals surface area (Å²) in [6.07, 6.45) is 3.66. The highest BCUT2D eigenvalue weighted by Gasteiger charge is 2.13. The van der Waals surface area contributed by atoms with Crippen LogP contribution in [0.1, 0.15) is 0 Å². The van der Waals surface area contributed by atoms with Gasteiger partial charge in [-0.2, -0.15) is 0 Å². The van der Waals surface area contributed by atoms with Crippen LogP contribution >= 0.6 is 22.7 Å². The van der Waals surface area contributed by atoms with E-state index in [9.17, 15) is 0 Å². The molecule has 0 atom stereocenters. The Balaban J connectivity index is 0.881. The van der Waals surface area contributed by atoms with Gasteiger partial charge in [-0.3, -0.25) is 4.98 Å². The van der Waals surface area contributed by atoms with E-state index < -0.39 is 0 Å². The predicted molar refractivity (Wildman–Crippen MR) is 244 cm³/mol. The van der Waals surface area contributed by atoms with Crippen LogP contribution in [0.15, 0.2) is 193 Å². The second-order valence-corrected chi connectivity index (χ2v) is 16.9. The Hall–Kier alpha value is -6.85. The fraction of sp³-hybridized carbons (Fsp3) is 0. The molecule has 12 rings (SSSR count). The number of rotatable bonds is 5. The molecule has 0 bridgehead atoms. The summed E-state index contributed by atoms with van der Waals surface area (Å²) in [6.45, 7) is 0. The second-order valence-electron chi connectivity index (χ2n) is 14.8. The number of pyridine rings is 1. The number of nitrogens with zero attached hydrogens (tertiary/aromatic N) is 1. The topological polar surface area (TPSA) is 26.0 Å². The molecule has 0 aliphatic rings. The molecule has 0 radical (unpaired) electrons. The summed E-state index contributed by atoms with van der Waals surface area (Å²) in [5, 5.41) is 7.38. The lowest BCUT2D eigenvalue weighted by Gasteiger charge is -2.09. The van der Waals surface area contributed by atoms with Crippen molar-refractivity contribution < 1.29 is 4.42 Å². The molecule has 4 heteroatoms. The van der Waals surface area contributed by atoms with Crippen LogP contribution in [0.5, 0.6) is 0 Å². The summed E-state index contributed by atoms with van der Waals surface area (Å²) >= 11 is 3.73. The maximum Gasteiger partial charge on any atom is 0.138 e. The molecule has 12 aromatic rings. The average Bonchev–Trinajstić information content (AvgIpc) is 3.96. The van der Waals surface area contributed by atoms with Gasteiger partial charge in [0.15, 0.2) is 0 Å². The minimum absolute atomic E-state index is 0.860. The van der Waals surface area contributed by atoms with E-state index in [-0.39, 0.29) is 0 Å². The van der Waals surface area contributed by atoms with Gasteiger partial charge in [0.2, 0.25) is 0 Å². The Kier molecular flexibility index (Phi) is 7.31. The van der Waals surface area contributed by atoms with Crippen LogP contribution in [0.3, 0.4) is 0 Å². The fourth-order valence-electron chi connectivity index (χ4n) is 8.48. The highest BCUT2D eigenvalue weighted by Crippen LogP contribution is 2.41. The van der Waals surface area contributed by atoms with Crippen molar-refractivity contribution in [1.82, 2.24) is 4.98 Å². The zero-order chi connectivity index (χ0) is 37.5. The lowest BCUT2D eigenvalue weighted by Crippen LogP contribution is -1.84. The van der Waals surface area contributed by atoms with Gasteiger partial charge in [-0.25, -0.2) is 0 Å². The molecule has 0 fully saturated rings. The minimum Gasteiger partial charge on any atom is -0.456 e. The van der Waals surface area contributed by atoms with E-state index in [4.69, 9.17) is 4.42 Å². The number of hydrogen-bond acceptors (Lipinski definition) is 4. The second kappa shape index (κ2) is 12.9. The third kappa shape index (κ3) is 5.48. The number of furan rings is 1. The highest BCUT2D eigenvalue weighted by atomic mass is 32.1. The number of fused-ring (bicyclic) bond motifs is 9. The number of aromatic nitrogens is 1. The summed E-state index contributed by atoms with van der Waals surface area (Å²) < 4.78 is 11.3. The van der Waals surface area contributed by atoms with Crippen LogP contribution in [0.2, 0.25) is 0 Å². The van der Waals surface area contributed by atoms with E-state index in [0.29, 0.717) is 0 Å². The summed E-state index contributed by atoms with van der Waals surface area (Å²) in [5.41, 5.74) is 13.8. The molecule has 4 heterocycles. The molecule has 57 heavy (non-hydrogen) atoms. The first-order valence-corrected chi connectivity index (χ1v) is 20.8. The molecule has 266 valence electrons. The summed E-state index contributed by atoms with van der Waals surface area (Å²) in [6, 6.07) is 64.6. The maximum absolute atomic E-state index is 6.06. The minimum atomic E-state index is 0.860. The maximum atomic E-state index is 6.06. The van der Waals surface area contributed by atoms with Crippen molar-refractivity contribution in [1.29, 1.82) is 0 Å². The molecule has 0 unspecified atom stereocenters. The summed E-state index contributed by atoms with van der Waals surface area (Å²) in [4.78, 5) is 4.33. The molecular weight excluding hydrogens is 731 g/mol. The Morgan fingerprint density at radius 1 is 0.298 bits per heavy atom. The van der Waals surface area contributed by atoms with Crippen molar-refractivity contribution in [2.45, 2.75) is 0 Å². The van der Waals surface area contributed by atoms with Gasteiger partial charge in [0.05, 0.1) is 0 Å². The zero-order valence-electron chi connectivity index (χ0n) is 30.6. The third-order valence-corrected chi connectivity index (χ3v) is 13.7. The van der Waals surface area contributed by atoms with Gasteiger partial charge in [-0.1, -0.05) is 97.1 Å². The molecule has 0 aliphatic carbocycles. The standard InChI is InChI=1S/C53H31NOS2/c1-2-13-50-42(12-1)44-28-39(15-19-51(44)56-50)36-10-5-11-37(26-36)41-17-21-53-46(30-41)45-29-40(16-20-52(45)57-53)35-9-4-7-33(25-35)32-6-3-8-34(24-32)38-14-18-48-43(27-38)47-31-54-23-22-49(47)55-48/h1-31H. The van der Waals surface area contributed by atoms with E-state index in [1.54, 1.807) is 6.20 Å². The number of benzene rings is 8. The van der Waals surface area contributed by atoms with E-state index in [0.717, 1.165) is 27.5 Å². The largest absolute Gasteiger partial charge is 0.456 e. The van der Waals surface area contributed by atoms with Gasteiger partial charge in [0, 0.05) is 63.5 Å². The van der Waals surface area contributed by atoms with E-state index in [2.05, 4.69) is 175 Å². The van der Waals surface area contributed by atoms with Crippen molar-refractivity contribution in [3.05, 3.63) is 188 Å². The van der Waals surface area contributed by atoms with Gasteiger partial charge in [0.25, 0.3) is 0 Å². The highest BCUT2D eigenvalue weighted by molar-refractivity contribution is 7.26. The van der Waals surface area contributed by atoms with Crippen molar-refractivity contribution in [3.8, 4) is 55.6 Å². The monoisotopic (exact) mass is 761 g/mol. The van der Waals surface area contributed by atoms with Crippen LogP contribution in [0.25, 0.3) is 118 Å². The first-order chi connectivity index (χ1) is 28.2. The van der Waals surface area contributed by atoms with Gasteiger partial charge >= 0.3 is 0 Å². The molecular formula is C53H31NOS2.